The number of amides is 1. The Morgan fingerprint density at radius 3 is 3.12 bits per heavy atom. The van der Waals surface area contributed by atoms with Crippen LogP contribution in [0.3, 0.4) is 0 Å². The normalized spacial score (nSPS) is 20.9. The van der Waals surface area contributed by atoms with Crippen molar-refractivity contribution in [3.05, 3.63) is 29.0 Å². The van der Waals surface area contributed by atoms with Crippen molar-refractivity contribution < 1.29 is 4.79 Å². The lowest BCUT2D eigenvalue weighted by Crippen LogP contribution is -2.39. The van der Waals surface area contributed by atoms with E-state index in [4.69, 9.17) is 11.6 Å². The summed E-state index contributed by atoms with van der Waals surface area (Å²) in [6.07, 6.45) is 3.87. The molecule has 1 fully saturated rings. The summed E-state index contributed by atoms with van der Waals surface area (Å²) in [6.45, 7) is 3.88. The van der Waals surface area contributed by atoms with Crippen LogP contribution in [0.15, 0.2) is 18.3 Å². The highest BCUT2D eigenvalue weighted by atomic mass is 35.5. The minimum absolute atomic E-state index is 0.0656. The summed E-state index contributed by atoms with van der Waals surface area (Å²) in [7, 11) is 0. The number of pyridine rings is 1. The SMILES string of the molecule is CC1CCCN(C(=O)c2ccnc(Cl)c2)C1. The highest BCUT2D eigenvalue weighted by Gasteiger charge is 2.21. The van der Waals surface area contributed by atoms with Gasteiger partial charge in [0.2, 0.25) is 0 Å². The Bertz CT molecular complexity index is 394. The van der Waals surface area contributed by atoms with Gasteiger partial charge >= 0.3 is 0 Å². The maximum atomic E-state index is 12.1. The number of nitrogens with zero attached hydrogens (tertiary/aromatic N) is 2. The molecule has 16 heavy (non-hydrogen) atoms. The van der Waals surface area contributed by atoms with Crippen molar-refractivity contribution in [3.8, 4) is 0 Å². The summed E-state index contributed by atoms with van der Waals surface area (Å²) in [5.41, 5.74) is 0.633. The molecule has 0 radical (unpaired) electrons. The molecule has 0 aromatic carbocycles. The van der Waals surface area contributed by atoms with Crippen LogP contribution >= 0.6 is 11.6 Å². The first kappa shape index (κ1) is 11.4. The van der Waals surface area contributed by atoms with Crippen LogP contribution in [0.4, 0.5) is 0 Å². The molecular weight excluding hydrogens is 224 g/mol. The Morgan fingerprint density at radius 2 is 2.44 bits per heavy atom. The minimum Gasteiger partial charge on any atom is -0.338 e. The van der Waals surface area contributed by atoms with Crippen molar-refractivity contribution in [2.75, 3.05) is 13.1 Å². The molecule has 0 bridgehead atoms. The van der Waals surface area contributed by atoms with Crippen molar-refractivity contribution in [1.82, 2.24) is 9.88 Å². The first-order valence-corrected chi connectivity index (χ1v) is 5.95. The standard InChI is InChI=1S/C12H15ClN2O/c1-9-3-2-6-15(8-9)12(16)10-4-5-14-11(13)7-10/h4-5,7,9H,2-3,6,8H2,1H3. The van der Waals surface area contributed by atoms with Gasteiger partial charge in [-0.25, -0.2) is 4.98 Å². The van der Waals surface area contributed by atoms with Gasteiger partial charge in [0.25, 0.3) is 5.91 Å². The molecule has 0 aliphatic carbocycles. The Kier molecular flexibility index (Phi) is 3.44. The second-order valence-corrected chi connectivity index (χ2v) is 4.75. The molecule has 4 heteroatoms. The second-order valence-electron chi connectivity index (χ2n) is 4.37. The number of aromatic nitrogens is 1. The van der Waals surface area contributed by atoms with Gasteiger partial charge in [0.05, 0.1) is 0 Å². The summed E-state index contributed by atoms with van der Waals surface area (Å²) >= 11 is 5.77. The van der Waals surface area contributed by atoms with Crippen LogP contribution in [0.25, 0.3) is 0 Å². The van der Waals surface area contributed by atoms with E-state index in [0.717, 1.165) is 19.5 Å². The molecule has 1 aromatic rings. The maximum Gasteiger partial charge on any atom is 0.254 e. The number of carbonyl (C=O) groups is 1. The van der Waals surface area contributed by atoms with E-state index in [0.29, 0.717) is 16.6 Å². The minimum atomic E-state index is 0.0656. The Labute approximate surface area is 100 Å². The van der Waals surface area contributed by atoms with Crippen LogP contribution in [0.5, 0.6) is 0 Å². The highest BCUT2D eigenvalue weighted by molar-refractivity contribution is 6.29. The average Bonchev–Trinajstić information content (AvgIpc) is 2.28. The lowest BCUT2D eigenvalue weighted by atomic mass is 10.00. The predicted octanol–water partition coefficient (Wildman–Crippen LogP) is 2.61. The molecule has 0 spiro atoms. The number of halogens is 1. The Balaban J connectivity index is 2.12. The lowest BCUT2D eigenvalue weighted by Gasteiger charge is -2.30. The maximum absolute atomic E-state index is 12.1. The quantitative estimate of drug-likeness (QED) is 0.705. The van der Waals surface area contributed by atoms with Crippen LogP contribution < -0.4 is 0 Å². The van der Waals surface area contributed by atoms with E-state index in [1.165, 1.54) is 6.42 Å². The molecule has 0 N–H and O–H groups in total. The molecule has 86 valence electrons. The third-order valence-corrected chi connectivity index (χ3v) is 3.12. The number of piperidine rings is 1. The van der Waals surface area contributed by atoms with E-state index in [1.54, 1.807) is 18.3 Å². The van der Waals surface area contributed by atoms with Crippen molar-refractivity contribution in [1.29, 1.82) is 0 Å². The zero-order chi connectivity index (χ0) is 11.5. The van der Waals surface area contributed by atoms with Gasteiger partial charge in [0.15, 0.2) is 0 Å². The van der Waals surface area contributed by atoms with Crippen molar-refractivity contribution in [2.24, 2.45) is 5.92 Å². The fourth-order valence-electron chi connectivity index (χ4n) is 2.09. The fraction of sp³-hybridized carbons (Fsp3) is 0.500. The molecular formula is C12H15ClN2O. The predicted molar refractivity (Wildman–Crippen MR) is 63.5 cm³/mol. The van der Waals surface area contributed by atoms with Gasteiger partial charge in [-0.3, -0.25) is 4.79 Å². The van der Waals surface area contributed by atoms with E-state index < -0.39 is 0 Å². The molecule has 0 saturated carbocycles. The second kappa shape index (κ2) is 4.83. The highest BCUT2D eigenvalue weighted by Crippen LogP contribution is 2.18. The van der Waals surface area contributed by atoms with Gasteiger partial charge in [-0.15, -0.1) is 0 Å². The molecule has 1 aliphatic rings. The number of carbonyl (C=O) groups excluding carboxylic acids is 1. The van der Waals surface area contributed by atoms with Gasteiger partial charge in [0, 0.05) is 24.8 Å². The average molecular weight is 239 g/mol. The summed E-state index contributed by atoms with van der Waals surface area (Å²) < 4.78 is 0. The number of hydrogen-bond donors (Lipinski definition) is 0. The molecule has 1 amide bonds. The van der Waals surface area contributed by atoms with E-state index in [9.17, 15) is 4.79 Å². The van der Waals surface area contributed by atoms with E-state index >= 15 is 0 Å². The zero-order valence-electron chi connectivity index (χ0n) is 9.32. The van der Waals surface area contributed by atoms with Crippen molar-refractivity contribution >= 4 is 17.5 Å². The van der Waals surface area contributed by atoms with Crippen molar-refractivity contribution in [3.63, 3.8) is 0 Å². The molecule has 3 nitrogen and oxygen atoms in total. The monoisotopic (exact) mass is 238 g/mol. The number of hydrogen-bond acceptors (Lipinski definition) is 2. The van der Waals surface area contributed by atoms with E-state index in [1.807, 2.05) is 4.90 Å². The Morgan fingerprint density at radius 1 is 1.62 bits per heavy atom. The summed E-state index contributed by atoms with van der Waals surface area (Å²) in [4.78, 5) is 17.9. The van der Waals surface area contributed by atoms with E-state index in [2.05, 4.69) is 11.9 Å². The van der Waals surface area contributed by atoms with Crippen LogP contribution in [0.1, 0.15) is 30.1 Å². The van der Waals surface area contributed by atoms with Gasteiger partial charge < -0.3 is 4.90 Å². The van der Waals surface area contributed by atoms with E-state index in [-0.39, 0.29) is 5.91 Å². The molecule has 1 aliphatic heterocycles. The van der Waals surface area contributed by atoms with Crippen LogP contribution in [-0.4, -0.2) is 28.9 Å². The van der Waals surface area contributed by atoms with Gasteiger partial charge in [-0.05, 0) is 30.9 Å². The molecule has 1 aromatic heterocycles. The molecule has 1 saturated heterocycles. The first-order valence-electron chi connectivity index (χ1n) is 5.57. The zero-order valence-corrected chi connectivity index (χ0v) is 10.1. The van der Waals surface area contributed by atoms with Gasteiger partial charge in [-0.1, -0.05) is 18.5 Å². The van der Waals surface area contributed by atoms with Crippen molar-refractivity contribution in [2.45, 2.75) is 19.8 Å². The van der Waals surface area contributed by atoms with Gasteiger partial charge in [-0.2, -0.15) is 0 Å². The third kappa shape index (κ3) is 2.53. The summed E-state index contributed by atoms with van der Waals surface area (Å²) in [5.74, 6) is 0.658. The van der Waals surface area contributed by atoms with Gasteiger partial charge in [0.1, 0.15) is 5.15 Å². The van der Waals surface area contributed by atoms with Crippen LogP contribution in [0, 0.1) is 5.92 Å². The number of likely N-dealkylation sites (tertiary alicyclic amines) is 1. The largest absolute Gasteiger partial charge is 0.338 e. The first-order chi connectivity index (χ1) is 7.66. The van der Waals surface area contributed by atoms with Crippen LogP contribution in [0.2, 0.25) is 5.15 Å². The fourth-order valence-corrected chi connectivity index (χ4v) is 2.27. The molecule has 1 atom stereocenters. The topological polar surface area (TPSA) is 33.2 Å². The molecule has 2 rings (SSSR count). The van der Waals surface area contributed by atoms with Crippen LogP contribution in [-0.2, 0) is 0 Å². The summed E-state index contributed by atoms with van der Waals surface area (Å²) in [5, 5.41) is 0.371. The summed E-state index contributed by atoms with van der Waals surface area (Å²) in [6, 6.07) is 3.34. The smallest absolute Gasteiger partial charge is 0.254 e. The molecule has 1 unspecified atom stereocenters. The molecule has 2 heterocycles. The Hall–Kier alpha value is -1.09. The third-order valence-electron chi connectivity index (χ3n) is 2.92. The number of rotatable bonds is 1. The lowest BCUT2D eigenvalue weighted by molar-refractivity contribution is 0.0683.